The molecule has 4 nitrogen and oxygen atoms in total. The van der Waals surface area contributed by atoms with E-state index in [2.05, 4.69) is 25.8 Å². The second-order valence-electron chi connectivity index (χ2n) is 4.87. The topological polar surface area (TPSA) is 59.2 Å². The number of rotatable bonds is 4. The van der Waals surface area contributed by atoms with Crippen LogP contribution in [0.4, 0.5) is 5.69 Å². The van der Waals surface area contributed by atoms with Crippen LogP contribution in [-0.2, 0) is 0 Å². The molecule has 1 amide bonds. The highest BCUT2D eigenvalue weighted by atomic mass is 16.2. The van der Waals surface area contributed by atoms with Gasteiger partial charge in [-0.15, -0.1) is 0 Å². The van der Waals surface area contributed by atoms with Crippen LogP contribution in [0.2, 0.25) is 0 Å². The fraction of sp³-hybridized carbons (Fsp3) is 0.538. The molecule has 94 valence electrons. The van der Waals surface area contributed by atoms with Gasteiger partial charge in [0.1, 0.15) is 5.69 Å². The number of amides is 1. The highest BCUT2D eigenvalue weighted by Gasteiger charge is 2.18. The molecule has 0 aliphatic rings. The molecule has 0 bridgehead atoms. The van der Waals surface area contributed by atoms with Gasteiger partial charge in [0, 0.05) is 13.1 Å². The Balaban J connectivity index is 2.72. The third kappa shape index (κ3) is 3.73. The van der Waals surface area contributed by atoms with E-state index in [1.807, 2.05) is 7.05 Å². The molecule has 1 atom stereocenters. The molecule has 1 unspecified atom stereocenters. The first-order chi connectivity index (χ1) is 7.91. The van der Waals surface area contributed by atoms with Crippen molar-refractivity contribution in [2.45, 2.75) is 33.2 Å². The number of hydrogen-bond donors (Lipinski definition) is 1. The number of carbonyl (C=O) groups is 1. The molecule has 4 heteroatoms. The van der Waals surface area contributed by atoms with E-state index >= 15 is 0 Å². The Hall–Kier alpha value is -1.58. The SMILES string of the molecule is CC(C)CC(C)N(C)C(=O)c1ccc(N)cn1. The smallest absolute Gasteiger partial charge is 0.272 e. The van der Waals surface area contributed by atoms with Crippen LogP contribution in [0.15, 0.2) is 18.3 Å². The Morgan fingerprint density at radius 2 is 2.06 bits per heavy atom. The maximum Gasteiger partial charge on any atom is 0.272 e. The summed E-state index contributed by atoms with van der Waals surface area (Å²) in [4.78, 5) is 17.9. The molecule has 1 rings (SSSR count). The highest BCUT2D eigenvalue weighted by Crippen LogP contribution is 2.12. The van der Waals surface area contributed by atoms with Crippen molar-refractivity contribution >= 4 is 11.6 Å². The molecular weight excluding hydrogens is 214 g/mol. The number of hydrogen-bond acceptors (Lipinski definition) is 3. The molecule has 0 saturated heterocycles. The number of nitrogens with zero attached hydrogens (tertiary/aromatic N) is 2. The lowest BCUT2D eigenvalue weighted by Crippen LogP contribution is -2.36. The summed E-state index contributed by atoms with van der Waals surface area (Å²) < 4.78 is 0. The van der Waals surface area contributed by atoms with Gasteiger partial charge in [-0.05, 0) is 31.4 Å². The van der Waals surface area contributed by atoms with Crippen molar-refractivity contribution in [1.82, 2.24) is 9.88 Å². The standard InChI is InChI=1S/C13H21N3O/c1-9(2)7-10(3)16(4)13(17)12-6-5-11(14)8-15-12/h5-6,8-10H,7,14H2,1-4H3. The number of anilines is 1. The number of pyridine rings is 1. The maximum atomic E-state index is 12.1. The van der Waals surface area contributed by atoms with Gasteiger partial charge in [0.05, 0.1) is 11.9 Å². The maximum absolute atomic E-state index is 12.1. The summed E-state index contributed by atoms with van der Waals surface area (Å²) >= 11 is 0. The van der Waals surface area contributed by atoms with Crippen molar-refractivity contribution in [1.29, 1.82) is 0 Å². The molecule has 0 spiro atoms. The minimum atomic E-state index is -0.0573. The van der Waals surface area contributed by atoms with Crippen molar-refractivity contribution in [3.8, 4) is 0 Å². The van der Waals surface area contributed by atoms with Crippen LogP contribution < -0.4 is 5.73 Å². The predicted molar refractivity (Wildman–Crippen MR) is 69.7 cm³/mol. The Labute approximate surface area is 103 Å². The lowest BCUT2D eigenvalue weighted by molar-refractivity contribution is 0.0722. The average molecular weight is 235 g/mol. The molecule has 0 aliphatic heterocycles. The molecule has 0 fully saturated rings. The highest BCUT2D eigenvalue weighted by molar-refractivity contribution is 5.92. The van der Waals surface area contributed by atoms with Crippen LogP contribution in [0.25, 0.3) is 0 Å². The Morgan fingerprint density at radius 1 is 1.41 bits per heavy atom. The number of nitrogens with two attached hydrogens (primary N) is 1. The van der Waals surface area contributed by atoms with Gasteiger partial charge in [0.15, 0.2) is 0 Å². The summed E-state index contributed by atoms with van der Waals surface area (Å²) in [5, 5.41) is 0. The molecular formula is C13H21N3O. The largest absolute Gasteiger partial charge is 0.397 e. The third-order valence-electron chi connectivity index (χ3n) is 2.80. The Kier molecular flexibility index (Phi) is 4.49. The second kappa shape index (κ2) is 5.66. The first-order valence-corrected chi connectivity index (χ1v) is 5.90. The van der Waals surface area contributed by atoms with E-state index in [1.54, 1.807) is 17.0 Å². The van der Waals surface area contributed by atoms with Gasteiger partial charge in [-0.2, -0.15) is 0 Å². The summed E-state index contributed by atoms with van der Waals surface area (Å²) in [5.74, 6) is 0.512. The lowest BCUT2D eigenvalue weighted by atomic mass is 10.0. The monoisotopic (exact) mass is 235 g/mol. The van der Waals surface area contributed by atoms with Gasteiger partial charge in [-0.3, -0.25) is 4.79 Å². The summed E-state index contributed by atoms with van der Waals surface area (Å²) in [6.45, 7) is 6.35. The molecule has 0 saturated carbocycles. The van der Waals surface area contributed by atoms with Gasteiger partial charge < -0.3 is 10.6 Å². The van der Waals surface area contributed by atoms with Gasteiger partial charge in [-0.1, -0.05) is 13.8 Å². The van der Waals surface area contributed by atoms with Crippen molar-refractivity contribution in [3.63, 3.8) is 0 Å². The van der Waals surface area contributed by atoms with E-state index in [-0.39, 0.29) is 11.9 Å². The van der Waals surface area contributed by atoms with Crippen LogP contribution in [0.3, 0.4) is 0 Å². The van der Waals surface area contributed by atoms with Crippen LogP contribution >= 0.6 is 0 Å². The van der Waals surface area contributed by atoms with E-state index in [9.17, 15) is 4.79 Å². The number of aromatic nitrogens is 1. The zero-order valence-electron chi connectivity index (χ0n) is 11.0. The molecule has 2 N–H and O–H groups in total. The molecule has 0 radical (unpaired) electrons. The zero-order chi connectivity index (χ0) is 13.0. The van der Waals surface area contributed by atoms with E-state index in [0.29, 0.717) is 17.3 Å². The fourth-order valence-electron chi connectivity index (χ4n) is 1.75. The molecule has 0 aliphatic carbocycles. The summed E-state index contributed by atoms with van der Waals surface area (Å²) in [5.41, 5.74) is 6.55. The zero-order valence-corrected chi connectivity index (χ0v) is 11.0. The summed E-state index contributed by atoms with van der Waals surface area (Å²) in [7, 11) is 1.81. The lowest BCUT2D eigenvalue weighted by Gasteiger charge is -2.26. The first-order valence-electron chi connectivity index (χ1n) is 5.90. The van der Waals surface area contributed by atoms with E-state index in [1.165, 1.54) is 6.20 Å². The van der Waals surface area contributed by atoms with Crippen LogP contribution in [0.5, 0.6) is 0 Å². The van der Waals surface area contributed by atoms with Crippen LogP contribution in [0, 0.1) is 5.92 Å². The molecule has 0 aromatic carbocycles. The van der Waals surface area contributed by atoms with Gasteiger partial charge in [0.25, 0.3) is 5.91 Å². The van der Waals surface area contributed by atoms with E-state index in [0.717, 1.165) is 6.42 Å². The summed E-state index contributed by atoms with van der Waals surface area (Å²) in [6.07, 6.45) is 2.49. The fourth-order valence-corrected chi connectivity index (χ4v) is 1.75. The van der Waals surface area contributed by atoms with Gasteiger partial charge >= 0.3 is 0 Å². The normalized spacial score (nSPS) is 12.5. The van der Waals surface area contributed by atoms with E-state index in [4.69, 9.17) is 5.73 Å². The third-order valence-corrected chi connectivity index (χ3v) is 2.80. The van der Waals surface area contributed by atoms with Gasteiger partial charge in [-0.25, -0.2) is 4.98 Å². The Morgan fingerprint density at radius 3 is 2.53 bits per heavy atom. The van der Waals surface area contributed by atoms with Crippen molar-refractivity contribution in [3.05, 3.63) is 24.0 Å². The quantitative estimate of drug-likeness (QED) is 0.870. The Bertz CT molecular complexity index is 373. The molecule has 1 heterocycles. The van der Waals surface area contributed by atoms with Crippen molar-refractivity contribution < 1.29 is 4.79 Å². The first kappa shape index (κ1) is 13.5. The van der Waals surface area contributed by atoms with Crippen molar-refractivity contribution in [2.75, 3.05) is 12.8 Å². The minimum Gasteiger partial charge on any atom is -0.397 e. The molecule has 1 aromatic heterocycles. The average Bonchev–Trinajstić information content (AvgIpc) is 2.27. The predicted octanol–water partition coefficient (Wildman–Crippen LogP) is 2.17. The minimum absolute atomic E-state index is 0.0573. The van der Waals surface area contributed by atoms with Crippen LogP contribution in [-0.4, -0.2) is 28.9 Å². The number of nitrogen functional groups attached to an aromatic ring is 1. The van der Waals surface area contributed by atoms with Gasteiger partial charge in [0.2, 0.25) is 0 Å². The molecule has 17 heavy (non-hydrogen) atoms. The second-order valence-corrected chi connectivity index (χ2v) is 4.87. The summed E-state index contributed by atoms with van der Waals surface area (Å²) in [6, 6.07) is 3.57. The van der Waals surface area contributed by atoms with Crippen LogP contribution in [0.1, 0.15) is 37.7 Å². The molecule has 1 aromatic rings. The van der Waals surface area contributed by atoms with Crippen molar-refractivity contribution in [2.24, 2.45) is 5.92 Å². The number of carbonyl (C=O) groups excluding carboxylic acids is 1. The van der Waals surface area contributed by atoms with E-state index < -0.39 is 0 Å².